The Kier molecular flexibility index (Phi) is 10.5. The number of halogens is 7. The Morgan fingerprint density at radius 3 is 2.20 bits per heavy atom. The second-order valence-electron chi connectivity index (χ2n) is 8.33. The number of carbonyl (C=O) groups excluding carboxylic acids is 3. The van der Waals surface area contributed by atoms with Gasteiger partial charge in [0.15, 0.2) is 5.82 Å². The van der Waals surface area contributed by atoms with Crippen LogP contribution in [0, 0.1) is 11.6 Å². The molecule has 0 heterocycles. The van der Waals surface area contributed by atoms with Crippen molar-refractivity contribution in [3.8, 4) is 0 Å². The van der Waals surface area contributed by atoms with Crippen molar-refractivity contribution in [3.05, 3.63) is 86.4 Å². The minimum atomic E-state index is -1.58. The number of anilines is 3. The minimum Gasteiger partial charge on any atom is -0.450 e. The molecule has 0 bridgehead atoms. The van der Waals surface area contributed by atoms with E-state index < -0.39 is 51.2 Å². The van der Waals surface area contributed by atoms with E-state index in [4.69, 9.17) is 58.0 Å². The van der Waals surface area contributed by atoms with Crippen LogP contribution < -0.4 is 16.0 Å². The summed E-state index contributed by atoms with van der Waals surface area (Å²) < 4.78 is 32.1. The van der Waals surface area contributed by atoms with Crippen LogP contribution >= 0.6 is 58.0 Å². The summed E-state index contributed by atoms with van der Waals surface area (Å²) in [5, 5.41) is 7.25. The van der Waals surface area contributed by atoms with Gasteiger partial charge >= 0.3 is 6.09 Å². The zero-order valence-electron chi connectivity index (χ0n) is 20.7. The smallest absolute Gasteiger partial charge is 0.411 e. The maximum atomic E-state index is 14.9. The normalized spacial score (nSPS) is 11.9. The van der Waals surface area contributed by atoms with Gasteiger partial charge in [-0.1, -0.05) is 40.9 Å². The monoisotopic (exact) mass is 651 g/mol. The van der Waals surface area contributed by atoms with Crippen molar-refractivity contribution in [1.82, 2.24) is 0 Å². The van der Waals surface area contributed by atoms with Gasteiger partial charge in [-0.2, -0.15) is 0 Å². The Bertz CT molecular complexity index is 1470. The van der Waals surface area contributed by atoms with Crippen molar-refractivity contribution in [1.29, 1.82) is 0 Å². The van der Waals surface area contributed by atoms with Gasteiger partial charge in [-0.15, -0.1) is 23.2 Å². The van der Waals surface area contributed by atoms with E-state index in [1.807, 2.05) is 5.32 Å². The summed E-state index contributed by atoms with van der Waals surface area (Å²) in [6.07, 6.45) is -1.08. The molecule has 0 unspecified atom stereocenters. The van der Waals surface area contributed by atoms with Crippen LogP contribution in [0.4, 0.5) is 30.6 Å². The van der Waals surface area contributed by atoms with Crippen LogP contribution in [-0.2, 0) is 9.53 Å². The lowest BCUT2D eigenvalue weighted by atomic mass is 9.94. The first-order chi connectivity index (χ1) is 18.7. The number of hydrogen-bond donors (Lipinski definition) is 3. The summed E-state index contributed by atoms with van der Waals surface area (Å²) >= 11 is 30.9. The van der Waals surface area contributed by atoms with Gasteiger partial charge in [0, 0.05) is 5.69 Å². The van der Waals surface area contributed by atoms with E-state index in [2.05, 4.69) is 15.4 Å². The molecule has 1 atom stereocenters. The number of amides is 3. The first-order valence-electron chi connectivity index (χ1n) is 11.4. The van der Waals surface area contributed by atoms with Crippen molar-refractivity contribution < 1.29 is 27.9 Å². The van der Waals surface area contributed by atoms with Gasteiger partial charge < -0.3 is 15.4 Å². The van der Waals surface area contributed by atoms with Gasteiger partial charge in [0.2, 0.25) is 5.91 Å². The minimum absolute atomic E-state index is 0.0277. The van der Waals surface area contributed by atoms with E-state index in [0.29, 0.717) is 5.56 Å². The van der Waals surface area contributed by atoms with Crippen LogP contribution in [0.1, 0.15) is 35.7 Å². The van der Waals surface area contributed by atoms with Crippen LogP contribution in [-0.4, -0.2) is 28.8 Å². The molecule has 0 aliphatic carbocycles. The highest BCUT2D eigenvalue weighted by Crippen LogP contribution is 2.40. The largest absolute Gasteiger partial charge is 0.450 e. The first kappa shape index (κ1) is 31.7. The van der Waals surface area contributed by atoms with Gasteiger partial charge in [0.1, 0.15) is 15.8 Å². The maximum absolute atomic E-state index is 14.9. The van der Waals surface area contributed by atoms with Crippen LogP contribution in [0.15, 0.2) is 48.5 Å². The van der Waals surface area contributed by atoms with Crippen molar-refractivity contribution in [2.75, 3.05) is 22.6 Å². The van der Waals surface area contributed by atoms with Crippen molar-refractivity contribution in [3.63, 3.8) is 0 Å². The summed E-state index contributed by atoms with van der Waals surface area (Å²) in [6, 6.07) is 10.3. The molecule has 0 radical (unpaired) electrons. The lowest BCUT2D eigenvalue weighted by Gasteiger charge is -2.26. The fourth-order valence-corrected chi connectivity index (χ4v) is 4.54. The third-order valence-electron chi connectivity index (χ3n) is 5.37. The highest BCUT2D eigenvalue weighted by Gasteiger charge is 2.37. The summed E-state index contributed by atoms with van der Waals surface area (Å²) in [7, 11) is 0. The quantitative estimate of drug-likeness (QED) is 0.212. The molecule has 3 aromatic rings. The zero-order chi connectivity index (χ0) is 29.8. The average Bonchev–Trinajstić information content (AvgIpc) is 2.86. The number of hydrogen-bond acceptors (Lipinski definition) is 4. The number of ether oxygens (including phenoxy) is 1. The topological polar surface area (TPSA) is 96.5 Å². The highest BCUT2D eigenvalue weighted by atomic mass is 35.5. The van der Waals surface area contributed by atoms with Crippen LogP contribution in [0.25, 0.3) is 0 Å². The fraction of sp³-hybridized carbons (Fsp3) is 0.192. The Morgan fingerprint density at radius 2 is 1.57 bits per heavy atom. The molecule has 14 heteroatoms. The van der Waals surface area contributed by atoms with Gasteiger partial charge in [-0.05, 0) is 61.9 Å². The molecule has 212 valence electrons. The Hall–Kier alpha value is -2.82. The Morgan fingerprint density at radius 1 is 0.900 bits per heavy atom. The molecule has 3 rings (SSSR count). The molecule has 0 aromatic heterocycles. The predicted octanol–water partition coefficient (Wildman–Crippen LogP) is 8.66. The molecule has 3 amide bonds. The van der Waals surface area contributed by atoms with Crippen molar-refractivity contribution >= 4 is 93.0 Å². The molecular weight excluding hydrogens is 634 g/mol. The van der Waals surface area contributed by atoms with E-state index >= 15 is 0 Å². The number of carbonyl (C=O) groups is 3. The molecular formula is C26H20Cl5F2N3O4. The average molecular weight is 654 g/mol. The number of rotatable bonds is 8. The lowest BCUT2D eigenvalue weighted by Crippen LogP contribution is -2.32. The van der Waals surface area contributed by atoms with Gasteiger partial charge in [-0.25, -0.2) is 13.6 Å². The van der Waals surface area contributed by atoms with E-state index in [9.17, 15) is 23.2 Å². The van der Waals surface area contributed by atoms with Gasteiger partial charge in [0.05, 0.1) is 38.8 Å². The number of nitrogens with one attached hydrogen (secondary N) is 3. The third-order valence-corrected chi connectivity index (χ3v) is 6.87. The molecule has 0 aliphatic rings. The number of benzene rings is 3. The molecule has 40 heavy (non-hydrogen) atoms. The second kappa shape index (κ2) is 13.2. The van der Waals surface area contributed by atoms with E-state index in [0.717, 1.165) is 12.1 Å². The first-order valence-corrected chi connectivity index (χ1v) is 13.3. The van der Waals surface area contributed by atoms with E-state index in [-0.39, 0.29) is 32.9 Å². The molecule has 0 fully saturated rings. The molecule has 0 saturated heterocycles. The highest BCUT2D eigenvalue weighted by molar-refractivity contribution is 6.50. The van der Waals surface area contributed by atoms with Crippen LogP contribution in [0.3, 0.4) is 0 Å². The zero-order valence-corrected chi connectivity index (χ0v) is 24.5. The molecule has 3 N–H and O–H groups in total. The standard InChI is InChI=1S/C26H20Cl5F2N3O4/c1-3-40-25(39)36-22-18(32)8-9-19(21(22)33)35-23(37)14-11-13(5-7-15(14)27)34-24(38)20(26(2,30)31)12-4-6-16(28)17(29)10-12/h4-11,20H,3H2,1-2H3,(H,34,38)(H,35,37)(H,36,39)/t20-/m0/s1. The molecule has 0 saturated carbocycles. The fourth-order valence-electron chi connectivity index (χ4n) is 3.58. The molecule has 7 nitrogen and oxygen atoms in total. The molecule has 0 aliphatic heterocycles. The lowest BCUT2D eigenvalue weighted by molar-refractivity contribution is -0.117. The van der Waals surface area contributed by atoms with Crippen LogP contribution in [0.5, 0.6) is 0 Å². The van der Waals surface area contributed by atoms with E-state index in [1.165, 1.54) is 44.2 Å². The Balaban J connectivity index is 1.86. The van der Waals surface area contributed by atoms with E-state index in [1.54, 1.807) is 6.07 Å². The third kappa shape index (κ3) is 7.67. The van der Waals surface area contributed by atoms with Crippen molar-refractivity contribution in [2.45, 2.75) is 24.1 Å². The predicted molar refractivity (Wildman–Crippen MR) is 154 cm³/mol. The van der Waals surface area contributed by atoms with Gasteiger partial charge in [-0.3, -0.25) is 14.9 Å². The van der Waals surface area contributed by atoms with Crippen LogP contribution in [0.2, 0.25) is 15.1 Å². The summed E-state index contributed by atoms with van der Waals surface area (Å²) in [4.78, 5) is 37.9. The van der Waals surface area contributed by atoms with Crippen molar-refractivity contribution in [2.24, 2.45) is 0 Å². The number of alkyl halides is 2. The maximum Gasteiger partial charge on any atom is 0.411 e. The summed E-state index contributed by atoms with van der Waals surface area (Å²) in [5.41, 5.74) is -0.921. The summed E-state index contributed by atoms with van der Waals surface area (Å²) in [6.45, 7) is 2.91. The molecule has 0 spiro atoms. The molecule has 3 aromatic carbocycles. The summed E-state index contributed by atoms with van der Waals surface area (Å²) in [5.74, 6) is -4.99. The SMILES string of the molecule is CCOC(=O)Nc1c(F)ccc(NC(=O)c2cc(NC(=O)[C@H](c3ccc(Cl)c(Cl)c3)C(C)(Cl)Cl)ccc2Cl)c1F. The van der Waals surface area contributed by atoms with Gasteiger partial charge in [0.25, 0.3) is 5.91 Å². The second-order valence-corrected chi connectivity index (χ2v) is 11.3. The Labute approximate surface area is 253 Å².